The highest BCUT2D eigenvalue weighted by Crippen LogP contribution is 2.48. The summed E-state index contributed by atoms with van der Waals surface area (Å²) in [5.41, 5.74) is 5.16. The second kappa shape index (κ2) is 3.29. The highest BCUT2D eigenvalue weighted by atomic mass is 16.5. The molecule has 5 atom stereocenters. The van der Waals surface area contributed by atoms with Crippen molar-refractivity contribution in [1.29, 1.82) is 0 Å². The summed E-state index contributed by atoms with van der Waals surface area (Å²) in [6.45, 7) is 1.49. The van der Waals surface area contributed by atoms with Crippen molar-refractivity contribution in [1.82, 2.24) is 4.90 Å². The van der Waals surface area contributed by atoms with Gasteiger partial charge in [-0.25, -0.2) is 0 Å². The quantitative estimate of drug-likeness (QED) is 0.626. The summed E-state index contributed by atoms with van der Waals surface area (Å²) in [5, 5.41) is 0. The number of hydrogen-bond acceptors (Lipinski definition) is 4. The molecule has 3 fully saturated rings. The van der Waals surface area contributed by atoms with E-state index in [1.807, 2.05) is 0 Å². The first-order chi connectivity index (χ1) is 8.02. The Morgan fingerprint density at radius 2 is 1.76 bits per heavy atom. The van der Waals surface area contributed by atoms with E-state index in [2.05, 4.69) is 0 Å². The number of carbonyl (C=O) groups is 3. The van der Waals surface area contributed by atoms with Gasteiger partial charge in [0, 0.05) is 0 Å². The van der Waals surface area contributed by atoms with Crippen LogP contribution >= 0.6 is 0 Å². The van der Waals surface area contributed by atoms with Crippen molar-refractivity contribution in [3.63, 3.8) is 0 Å². The maximum absolute atomic E-state index is 12.2. The number of primary amides is 1. The van der Waals surface area contributed by atoms with Gasteiger partial charge in [-0.3, -0.25) is 19.3 Å². The molecule has 0 aromatic heterocycles. The Morgan fingerprint density at radius 1 is 1.29 bits per heavy atom. The maximum Gasteiger partial charge on any atom is 0.240 e. The Hall–Kier alpha value is -1.43. The van der Waals surface area contributed by atoms with Gasteiger partial charge in [-0.05, 0) is 19.8 Å². The van der Waals surface area contributed by atoms with Crippen molar-refractivity contribution in [3.8, 4) is 0 Å². The normalized spacial score (nSPS) is 40.9. The molecule has 0 radical (unpaired) electrons. The molecule has 0 aliphatic carbocycles. The number of carbonyl (C=O) groups excluding carboxylic acids is 3. The number of nitrogens with zero attached hydrogens (tertiary/aromatic N) is 1. The molecule has 0 unspecified atom stereocenters. The molecule has 92 valence electrons. The Kier molecular flexibility index (Phi) is 2.07. The van der Waals surface area contributed by atoms with E-state index in [4.69, 9.17) is 10.5 Å². The van der Waals surface area contributed by atoms with Gasteiger partial charge in [0.2, 0.25) is 17.7 Å². The van der Waals surface area contributed by atoms with Gasteiger partial charge in [-0.15, -0.1) is 0 Å². The smallest absolute Gasteiger partial charge is 0.240 e. The van der Waals surface area contributed by atoms with Crippen LogP contribution in [0.4, 0.5) is 0 Å². The topological polar surface area (TPSA) is 89.7 Å². The summed E-state index contributed by atoms with van der Waals surface area (Å²) in [6.07, 6.45) is 1.35. The summed E-state index contributed by atoms with van der Waals surface area (Å²) in [6, 6.07) is -0.861. The van der Waals surface area contributed by atoms with Crippen LogP contribution < -0.4 is 5.73 Å². The zero-order valence-corrected chi connectivity index (χ0v) is 9.46. The number of rotatable bonds is 2. The summed E-state index contributed by atoms with van der Waals surface area (Å²) >= 11 is 0. The SMILES string of the molecule is C[C@H](C(N)=O)N1C(=O)[C@@H]2[C@H](C1=O)[C@@H]1CC[C@@H]2O1. The summed E-state index contributed by atoms with van der Waals surface area (Å²) in [4.78, 5) is 36.5. The van der Waals surface area contributed by atoms with E-state index in [-0.39, 0.29) is 35.9 Å². The lowest BCUT2D eigenvalue weighted by molar-refractivity contribution is -0.148. The van der Waals surface area contributed by atoms with Crippen LogP contribution in [0.5, 0.6) is 0 Å². The lowest BCUT2D eigenvalue weighted by Gasteiger charge is -2.21. The van der Waals surface area contributed by atoms with Crippen LogP contribution in [0.2, 0.25) is 0 Å². The maximum atomic E-state index is 12.2. The fourth-order valence-corrected chi connectivity index (χ4v) is 3.24. The molecule has 0 aromatic rings. The van der Waals surface area contributed by atoms with Crippen molar-refractivity contribution >= 4 is 17.7 Å². The van der Waals surface area contributed by atoms with E-state index in [0.717, 1.165) is 17.7 Å². The average molecular weight is 238 g/mol. The van der Waals surface area contributed by atoms with Crippen LogP contribution in [0.3, 0.4) is 0 Å². The molecule has 2 N–H and O–H groups in total. The Balaban J connectivity index is 1.93. The second-order valence-electron chi connectivity index (χ2n) is 4.97. The zero-order valence-electron chi connectivity index (χ0n) is 9.46. The van der Waals surface area contributed by atoms with Gasteiger partial charge in [-0.2, -0.15) is 0 Å². The van der Waals surface area contributed by atoms with E-state index in [1.54, 1.807) is 0 Å². The minimum atomic E-state index is -0.861. The molecule has 6 nitrogen and oxygen atoms in total. The van der Waals surface area contributed by atoms with Gasteiger partial charge in [-0.1, -0.05) is 0 Å². The molecule has 0 saturated carbocycles. The van der Waals surface area contributed by atoms with Crippen LogP contribution in [0.15, 0.2) is 0 Å². The molecule has 0 aromatic carbocycles. The standard InChI is InChI=1S/C11H14N2O4/c1-4(9(12)14)13-10(15)7-5-2-3-6(17-5)8(7)11(13)16/h4-8H,2-3H2,1H3,(H2,12,14)/t4-,5+,6+,7-,8+/m1/s1. The van der Waals surface area contributed by atoms with Crippen molar-refractivity contribution in [2.24, 2.45) is 17.6 Å². The minimum Gasteiger partial charge on any atom is -0.373 e. The summed E-state index contributed by atoms with van der Waals surface area (Å²) < 4.78 is 5.58. The average Bonchev–Trinajstić information content (AvgIpc) is 2.92. The Labute approximate surface area is 98.1 Å². The van der Waals surface area contributed by atoms with Crippen LogP contribution in [-0.4, -0.2) is 40.9 Å². The summed E-state index contributed by atoms with van der Waals surface area (Å²) in [5.74, 6) is -2.01. The van der Waals surface area contributed by atoms with Crippen molar-refractivity contribution in [3.05, 3.63) is 0 Å². The minimum absolute atomic E-state index is 0.147. The van der Waals surface area contributed by atoms with Crippen molar-refractivity contribution in [2.45, 2.75) is 38.0 Å². The predicted octanol–water partition coefficient (Wildman–Crippen LogP) is -0.977. The molecule has 2 bridgehead atoms. The monoisotopic (exact) mass is 238 g/mol. The molecule has 3 aliphatic heterocycles. The van der Waals surface area contributed by atoms with Gasteiger partial charge in [0.15, 0.2) is 0 Å². The van der Waals surface area contributed by atoms with Gasteiger partial charge in [0.05, 0.1) is 24.0 Å². The third kappa shape index (κ3) is 1.21. The van der Waals surface area contributed by atoms with Gasteiger partial charge >= 0.3 is 0 Å². The predicted molar refractivity (Wildman–Crippen MR) is 55.4 cm³/mol. The van der Waals surface area contributed by atoms with E-state index >= 15 is 0 Å². The van der Waals surface area contributed by atoms with Crippen LogP contribution in [0, 0.1) is 11.8 Å². The highest BCUT2D eigenvalue weighted by Gasteiger charge is 2.63. The number of ether oxygens (including phenoxy) is 1. The summed E-state index contributed by atoms with van der Waals surface area (Å²) in [7, 11) is 0. The van der Waals surface area contributed by atoms with Crippen LogP contribution in [-0.2, 0) is 19.1 Å². The van der Waals surface area contributed by atoms with E-state index in [9.17, 15) is 14.4 Å². The molecule has 3 heterocycles. The first-order valence-corrected chi connectivity index (χ1v) is 5.84. The number of amides is 3. The Bertz CT molecular complexity index is 394. The third-order valence-corrected chi connectivity index (χ3v) is 4.12. The fourth-order valence-electron chi connectivity index (χ4n) is 3.24. The van der Waals surface area contributed by atoms with Crippen LogP contribution in [0.25, 0.3) is 0 Å². The van der Waals surface area contributed by atoms with E-state index in [1.165, 1.54) is 6.92 Å². The first kappa shape index (κ1) is 10.7. The van der Waals surface area contributed by atoms with Crippen molar-refractivity contribution < 1.29 is 19.1 Å². The molecule has 0 spiro atoms. The third-order valence-electron chi connectivity index (χ3n) is 4.12. The van der Waals surface area contributed by atoms with E-state index in [0.29, 0.717) is 0 Å². The van der Waals surface area contributed by atoms with Gasteiger partial charge in [0.25, 0.3) is 0 Å². The van der Waals surface area contributed by atoms with Gasteiger partial charge < -0.3 is 10.5 Å². The molecule has 3 rings (SSSR count). The first-order valence-electron chi connectivity index (χ1n) is 5.84. The zero-order chi connectivity index (χ0) is 12.3. The number of fused-ring (bicyclic) bond motifs is 5. The lowest BCUT2D eigenvalue weighted by Crippen LogP contribution is -2.47. The number of imide groups is 1. The number of hydrogen-bond donors (Lipinski definition) is 1. The Morgan fingerprint density at radius 3 is 2.18 bits per heavy atom. The molecule has 17 heavy (non-hydrogen) atoms. The molecule has 6 heteroatoms. The fraction of sp³-hybridized carbons (Fsp3) is 0.727. The largest absolute Gasteiger partial charge is 0.373 e. The van der Waals surface area contributed by atoms with Crippen molar-refractivity contribution in [2.75, 3.05) is 0 Å². The molecule has 3 aliphatic rings. The molecular formula is C11H14N2O4. The highest BCUT2D eigenvalue weighted by molar-refractivity contribution is 6.09. The lowest BCUT2D eigenvalue weighted by atomic mass is 9.81. The number of likely N-dealkylation sites (tertiary alicyclic amines) is 1. The van der Waals surface area contributed by atoms with Gasteiger partial charge in [0.1, 0.15) is 6.04 Å². The van der Waals surface area contributed by atoms with Crippen LogP contribution in [0.1, 0.15) is 19.8 Å². The molecular weight excluding hydrogens is 224 g/mol. The number of nitrogens with two attached hydrogens (primary N) is 1. The molecule has 3 saturated heterocycles. The second-order valence-corrected chi connectivity index (χ2v) is 4.97. The van der Waals surface area contributed by atoms with E-state index < -0.39 is 11.9 Å². The molecule has 3 amide bonds.